The molecule has 1 aromatic heterocycles. The van der Waals surface area contributed by atoms with Crippen LogP contribution < -0.4 is 5.32 Å². The van der Waals surface area contributed by atoms with Gasteiger partial charge in [-0.2, -0.15) is 0 Å². The molecule has 5 nitrogen and oxygen atoms in total. The van der Waals surface area contributed by atoms with Crippen LogP contribution in [0.3, 0.4) is 0 Å². The van der Waals surface area contributed by atoms with Gasteiger partial charge in [0.15, 0.2) is 0 Å². The number of nitrogens with zero attached hydrogens (tertiary/aromatic N) is 2. The normalized spacial score (nSPS) is 17.6. The largest absolute Gasteiger partial charge is 0.353 e. The van der Waals surface area contributed by atoms with Crippen LogP contribution in [0.15, 0.2) is 35.7 Å². The molecule has 0 spiro atoms. The van der Waals surface area contributed by atoms with E-state index < -0.39 is 6.04 Å². The molecule has 1 N–H and O–H groups in total. The fourth-order valence-electron chi connectivity index (χ4n) is 2.88. The molecule has 2 aromatic rings. The van der Waals surface area contributed by atoms with Gasteiger partial charge in [0, 0.05) is 24.9 Å². The zero-order chi connectivity index (χ0) is 16.9. The van der Waals surface area contributed by atoms with Crippen LogP contribution in [0.5, 0.6) is 0 Å². The van der Waals surface area contributed by atoms with Crippen LogP contribution in [-0.2, 0) is 17.6 Å². The highest BCUT2D eigenvalue weighted by Gasteiger charge is 2.34. The lowest BCUT2D eigenvalue weighted by atomic mass is 10.0. The molecule has 1 aromatic carbocycles. The van der Waals surface area contributed by atoms with E-state index in [1.165, 1.54) is 11.3 Å². The van der Waals surface area contributed by atoms with E-state index in [-0.39, 0.29) is 11.8 Å². The van der Waals surface area contributed by atoms with Crippen LogP contribution in [0.2, 0.25) is 0 Å². The lowest BCUT2D eigenvalue weighted by Gasteiger charge is -2.34. The van der Waals surface area contributed by atoms with Gasteiger partial charge in [-0.1, -0.05) is 37.3 Å². The van der Waals surface area contributed by atoms with Gasteiger partial charge in [0.25, 0.3) is 5.91 Å². The number of carbonyl (C=O) groups excluding carboxylic acids is 2. The predicted molar refractivity (Wildman–Crippen MR) is 94.1 cm³/mol. The van der Waals surface area contributed by atoms with Gasteiger partial charge in [0.1, 0.15) is 11.7 Å². The van der Waals surface area contributed by atoms with Gasteiger partial charge < -0.3 is 10.2 Å². The van der Waals surface area contributed by atoms with Crippen molar-refractivity contribution in [1.82, 2.24) is 15.2 Å². The minimum Gasteiger partial charge on any atom is -0.353 e. The maximum atomic E-state index is 12.9. The van der Waals surface area contributed by atoms with Crippen molar-refractivity contribution < 1.29 is 9.59 Å². The fraction of sp³-hybridized carbons (Fsp3) is 0.389. The van der Waals surface area contributed by atoms with Gasteiger partial charge >= 0.3 is 0 Å². The predicted octanol–water partition coefficient (Wildman–Crippen LogP) is 2.28. The first-order chi connectivity index (χ1) is 11.7. The van der Waals surface area contributed by atoms with Crippen LogP contribution in [0, 0.1) is 0 Å². The second kappa shape index (κ2) is 7.57. The molecule has 1 fully saturated rings. The monoisotopic (exact) mass is 343 g/mol. The number of nitrogens with one attached hydrogen (secondary N) is 1. The lowest BCUT2D eigenvalue weighted by molar-refractivity contribution is -0.127. The number of rotatable bonds is 5. The van der Waals surface area contributed by atoms with Gasteiger partial charge in [-0.15, -0.1) is 11.3 Å². The number of piperazine rings is 1. The summed E-state index contributed by atoms with van der Waals surface area (Å²) in [6.07, 6.45) is 2.40. The van der Waals surface area contributed by atoms with E-state index in [0.29, 0.717) is 25.2 Å². The van der Waals surface area contributed by atoms with Crippen LogP contribution >= 0.6 is 11.3 Å². The topological polar surface area (TPSA) is 62.3 Å². The number of hydrogen-bond donors (Lipinski definition) is 1. The zero-order valence-electron chi connectivity index (χ0n) is 13.7. The maximum absolute atomic E-state index is 12.9. The molecule has 2 heterocycles. The van der Waals surface area contributed by atoms with Crippen molar-refractivity contribution in [2.45, 2.75) is 32.2 Å². The Balaban J connectivity index is 1.79. The number of aromatic nitrogens is 1. The van der Waals surface area contributed by atoms with E-state index in [9.17, 15) is 9.59 Å². The third-order valence-corrected chi connectivity index (χ3v) is 5.01. The smallest absolute Gasteiger partial charge is 0.274 e. The Labute approximate surface area is 145 Å². The third kappa shape index (κ3) is 3.64. The Morgan fingerprint density at radius 2 is 2.17 bits per heavy atom. The maximum Gasteiger partial charge on any atom is 0.274 e. The second-order valence-electron chi connectivity index (χ2n) is 5.87. The van der Waals surface area contributed by atoms with Crippen molar-refractivity contribution in [3.63, 3.8) is 0 Å². The van der Waals surface area contributed by atoms with E-state index in [2.05, 4.69) is 17.2 Å². The van der Waals surface area contributed by atoms with Crippen LogP contribution in [0.25, 0.3) is 0 Å². The van der Waals surface area contributed by atoms with Crippen molar-refractivity contribution in [1.29, 1.82) is 0 Å². The molecule has 6 heteroatoms. The Morgan fingerprint density at radius 1 is 1.38 bits per heavy atom. The standard InChI is InChI=1S/C18H21N3O2S/c1-2-6-16-20-14(12-24-16)18(23)21-10-9-19-17(22)15(21)11-13-7-4-3-5-8-13/h3-5,7-8,12,15H,2,6,9-11H2,1H3,(H,19,22). The Bertz CT molecular complexity index is 714. The van der Waals surface area contributed by atoms with E-state index >= 15 is 0 Å². The average molecular weight is 343 g/mol. The summed E-state index contributed by atoms with van der Waals surface area (Å²) in [6.45, 7) is 3.10. The molecule has 3 rings (SSSR count). The van der Waals surface area contributed by atoms with Crippen molar-refractivity contribution in [2.24, 2.45) is 0 Å². The first kappa shape index (κ1) is 16.6. The molecule has 1 atom stereocenters. The summed E-state index contributed by atoms with van der Waals surface area (Å²) in [5.41, 5.74) is 1.50. The van der Waals surface area contributed by atoms with Crippen molar-refractivity contribution in [3.8, 4) is 0 Å². The number of thiazole rings is 1. The molecular formula is C18H21N3O2S. The Morgan fingerprint density at radius 3 is 2.92 bits per heavy atom. The minimum absolute atomic E-state index is 0.0949. The van der Waals surface area contributed by atoms with Crippen LogP contribution in [0.4, 0.5) is 0 Å². The lowest BCUT2D eigenvalue weighted by Crippen LogP contribution is -2.58. The molecule has 0 saturated carbocycles. The Hall–Kier alpha value is -2.21. The van der Waals surface area contributed by atoms with Gasteiger partial charge in [-0.3, -0.25) is 9.59 Å². The molecule has 1 unspecified atom stereocenters. The van der Waals surface area contributed by atoms with Crippen LogP contribution in [0.1, 0.15) is 34.4 Å². The molecule has 0 aliphatic carbocycles. The molecule has 24 heavy (non-hydrogen) atoms. The summed E-state index contributed by atoms with van der Waals surface area (Å²) in [5.74, 6) is -0.244. The molecule has 126 valence electrons. The average Bonchev–Trinajstić information content (AvgIpc) is 3.06. The SMILES string of the molecule is CCCc1nc(C(=O)N2CCNC(=O)C2Cc2ccccc2)cs1. The first-order valence-corrected chi connectivity index (χ1v) is 9.14. The van der Waals surface area contributed by atoms with E-state index in [1.807, 2.05) is 30.3 Å². The highest BCUT2D eigenvalue weighted by Crippen LogP contribution is 2.18. The number of hydrogen-bond acceptors (Lipinski definition) is 4. The van der Waals surface area contributed by atoms with Crippen molar-refractivity contribution in [3.05, 3.63) is 52.0 Å². The number of carbonyl (C=O) groups is 2. The molecule has 1 saturated heterocycles. The summed E-state index contributed by atoms with van der Waals surface area (Å²) >= 11 is 1.51. The van der Waals surface area contributed by atoms with E-state index in [0.717, 1.165) is 23.4 Å². The molecular weight excluding hydrogens is 322 g/mol. The quantitative estimate of drug-likeness (QED) is 0.906. The molecule has 1 aliphatic rings. The summed E-state index contributed by atoms with van der Waals surface area (Å²) < 4.78 is 0. The highest BCUT2D eigenvalue weighted by molar-refractivity contribution is 7.09. The van der Waals surface area contributed by atoms with Gasteiger partial charge in [0.2, 0.25) is 5.91 Å². The van der Waals surface area contributed by atoms with E-state index in [1.54, 1.807) is 10.3 Å². The van der Waals surface area contributed by atoms with Crippen molar-refractivity contribution >= 4 is 23.2 Å². The summed E-state index contributed by atoms with van der Waals surface area (Å²) in [7, 11) is 0. The third-order valence-electron chi connectivity index (χ3n) is 4.10. The molecule has 0 bridgehead atoms. The molecule has 2 amide bonds. The van der Waals surface area contributed by atoms with E-state index in [4.69, 9.17) is 0 Å². The fourth-order valence-corrected chi connectivity index (χ4v) is 3.76. The number of benzene rings is 1. The van der Waals surface area contributed by atoms with Gasteiger partial charge in [-0.25, -0.2) is 4.98 Å². The number of aryl methyl sites for hydroxylation is 1. The highest BCUT2D eigenvalue weighted by atomic mass is 32.1. The van der Waals surface area contributed by atoms with Gasteiger partial charge in [-0.05, 0) is 18.4 Å². The number of amides is 2. The first-order valence-electron chi connectivity index (χ1n) is 8.26. The van der Waals surface area contributed by atoms with Crippen molar-refractivity contribution in [2.75, 3.05) is 13.1 Å². The summed E-state index contributed by atoms with van der Waals surface area (Å²) in [5, 5.41) is 5.64. The zero-order valence-corrected chi connectivity index (χ0v) is 14.5. The second-order valence-corrected chi connectivity index (χ2v) is 6.81. The molecule has 1 aliphatic heterocycles. The minimum atomic E-state index is -0.482. The van der Waals surface area contributed by atoms with Crippen LogP contribution in [-0.4, -0.2) is 40.8 Å². The summed E-state index contributed by atoms with van der Waals surface area (Å²) in [6, 6.07) is 9.31. The Kier molecular flexibility index (Phi) is 5.25. The summed E-state index contributed by atoms with van der Waals surface area (Å²) in [4.78, 5) is 31.3. The molecule has 0 radical (unpaired) electrons. The van der Waals surface area contributed by atoms with Gasteiger partial charge in [0.05, 0.1) is 5.01 Å².